The summed E-state index contributed by atoms with van der Waals surface area (Å²) < 4.78 is 0. The third kappa shape index (κ3) is 2.46. The second kappa shape index (κ2) is 4.84. The predicted octanol–water partition coefficient (Wildman–Crippen LogP) is 3.25. The van der Waals surface area contributed by atoms with E-state index < -0.39 is 5.97 Å². The van der Waals surface area contributed by atoms with Crippen LogP contribution in [0.4, 0.5) is 0 Å². The van der Waals surface area contributed by atoms with Gasteiger partial charge in [-0.1, -0.05) is 30.3 Å². The summed E-state index contributed by atoms with van der Waals surface area (Å²) >= 11 is 0. The quantitative estimate of drug-likeness (QED) is 0.838. The van der Waals surface area contributed by atoms with Crippen molar-refractivity contribution in [1.29, 1.82) is 0 Å². The van der Waals surface area contributed by atoms with E-state index in [9.17, 15) is 9.59 Å². The number of rotatable bonds is 3. The van der Waals surface area contributed by atoms with E-state index in [0.29, 0.717) is 5.56 Å². The van der Waals surface area contributed by atoms with E-state index in [1.54, 1.807) is 36.4 Å². The van der Waals surface area contributed by atoms with E-state index in [2.05, 4.69) is 0 Å². The molecule has 18 heavy (non-hydrogen) atoms. The van der Waals surface area contributed by atoms with Gasteiger partial charge in [-0.3, -0.25) is 4.79 Å². The molecule has 0 heterocycles. The molecule has 2 aromatic carbocycles. The zero-order valence-corrected chi connectivity index (χ0v) is 9.88. The number of Topliss-reactive ketones (excluding diaryl/α,β-unsaturated/α-hetero) is 1. The van der Waals surface area contributed by atoms with Crippen LogP contribution in [0.3, 0.4) is 0 Å². The number of benzene rings is 2. The lowest BCUT2D eigenvalue weighted by Crippen LogP contribution is -1.96. The molecule has 0 bridgehead atoms. The van der Waals surface area contributed by atoms with Crippen LogP contribution in [-0.4, -0.2) is 16.9 Å². The largest absolute Gasteiger partial charge is 0.478 e. The Labute approximate surface area is 105 Å². The van der Waals surface area contributed by atoms with E-state index in [4.69, 9.17) is 5.11 Å². The molecule has 2 rings (SSSR count). The third-order valence-electron chi connectivity index (χ3n) is 2.71. The summed E-state index contributed by atoms with van der Waals surface area (Å²) in [6.45, 7) is 1.51. The first-order valence-electron chi connectivity index (χ1n) is 5.52. The van der Waals surface area contributed by atoms with Crippen molar-refractivity contribution in [2.24, 2.45) is 0 Å². The number of carbonyl (C=O) groups excluding carboxylic acids is 1. The van der Waals surface area contributed by atoms with Gasteiger partial charge in [-0.15, -0.1) is 0 Å². The monoisotopic (exact) mass is 240 g/mol. The molecule has 2 aromatic rings. The molecule has 0 atom stereocenters. The van der Waals surface area contributed by atoms with Crippen molar-refractivity contribution in [3.05, 3.63) is 59.7 Å². The first-order valence-corrected chi connectivity index (χ1v) is 5.52. The topological polar surface area (TPSA) is 54.4 Å². The number of carboxylic acids is 1. The third-order valence-corrected chi connectivity index (χ3v) is 2.71. The summed E-state index contributed by atoms with van der Waals surface area (Å²) in [5.41, 5.74) is 2.48. The first kappa shape index (κ1) is 12.0. The lowest BCUT2D eigenvalue weighted by atomic mass is 10.00. The molecule has 3 heteroatoms. The molecule has 0 amide bonds. The minimum atomic E-state index is -0.959. The van der Waals surface area contributed by atoms with Crippen LogP contribution in [0.15, 0.2) is 48.5 Å². The molecule has 0 unspecified atom stereocenters. The van der Waals surface area contributed by atoms with Crippen LogP contribution in [0, 0.1) is 0 Å². The maximum Gasteiger partial charge on any atom is 0.335 e. The molecule has 0 aliphatic carbocycles. The molecular formula is C15H12O3. The van der Waals surface area contributed by atoms with Crippen LogP contribution in [0.1, 0.15) is 27.6 Å². The van der Waals surface area contributed by atoms with Crippen molar-refractivity contribution in [3.63, 3.8) is 0 Å². The molecule has 0 spiro atoms. The lowest BCUT2D eigenvalue weighted by molar-refractivity contribution is 0.0696. The van der Waals surface area contributed by atoms with Crippen LogP contribution in [0.2, 0.25) is 0 Å². The fourth-order valence-electron chi connectivity index (χ4n) is 1.75. The predicted molar refractivity (Wildman–Crippen MR) is 68.8 cm³/mol. The minimum Gasteiger partial charge on any atom is -0.478 e. The van der Waals surface area contributed by atoms with Gasteiger partial charge in [0.1, 0.15) is 0 Å². The average molecular weight is 240 g/mol. The number of carboxylic acid groups (broad SMARTS) is 1. The normalized spacial score (nSPS) is 10.1. The van der Waals surface area contributed by atoms with Gasteiger partial charge in [0.05, 0.1) is 5.56 Å². The maximum absolute atomic E-state index is 11.3. The van der Waals surface area contributed by atoms with Gasteiger partial charge in [0.25, 0.3) is 0 Å². The Balaban J connectivity index is 2.48. The molecule has 0 radical (unpaired) electrons. The highest BCUT2D eigenvalue weighted by molar-refractivity contribution is 5.95. The SMILES string of the molecule is CC(=O)c1cccc(-c2cccc(C(=O)O)c2)c1. The van der Waals surface area contributed by atoms with Crippen molar-refractivity contribution >= 4 is 11.8 Å². The highest BCUT2D eigenvalue weighted by Crippen LogP contribution is 2.21. The first-order chi connectivity index (χ1) is 8.58. The van der Waals surface area contributed by atoms with Crippen molar-refractivity contribution in [3.8, 4) is 11.1 Å². The summed E-state index contributed by atoms with van der Waals surface area (Å²) in [6.07, 6.45) is 0. The fourth-order valence-corrected chi connectivity index (χ4v) is 1.75. The highest BCUT2D eigenvalue weighted by atomic mass is 16.4. The van der Waals surface area contributed by atoms with Gasteiger partial charge in [-0.2, -0.15) is 0 Å². The molecule has 0 aliphatic rings. The van der Waals surface area contributed by atoms with Crippen molar-refractivity contribution in [1.82, 2.24) is 0 Å². The zero-order chi connectivity index (χ0) is 13.1. The Morgan fingerprint density at radius 1 is 0.889 bits per heavy atom. The average Bonchev–Trinajstić information content (AvgIpc) is 2.39. The molecule has 0 aromatic heterocycles. The van der Waals surface area contributed by atoms with E-state index in [0.717, 1.165) is 11.1 Å². The number of hydrogen-bond acceptors (Lipinski definition) is 2. The maximum atomic E-state index is 11.3. The standard InChI is InChI=1S/C15H12O3/c1-10(16)11-4-2-5-12(8-11)13-6-3-7-14(9-13)15(17)18/h2-9H,1H3,(H,17,18). The summed E-state index contributed by atoms with van der Waals surface area (Å²) in [7, 11) is 0. The molecule has 0 saturated carbocycles. The van der Waals surface area contributed by atoms with Crippen molar-refractivity contribution < 1.29 is 14.7 Å². The molecule has 3 nitrogen and oxygen atoms in total. The van der Waals surface area contributed by atoms with Crippen LogP contribution in [0.25, 0.3) is 11.1 Å². The molecule has 90 valence electrons. The Hall–Kier alpha value is -2.42. The van der Waals surface area contributed by atoms with Crippen LogP contribution in [-0.2, 0) is 0 Å². The fraction of sp³-hybridized carbons (Fsp3) is 0.0667. The number of carbonyl (C=O) groups is 2. The van der Waals surface area contributed by atoms with Gasteiger partial charge in [-0.05, 0) is 36.2 Å². The van der Waals surface area contributed by atoms with Gasteiger partial charge >= 0.3 is 5.97 Å². The molecular weight excluding hydrogens is 228 g/mol. The van der Waals surface area contributed by atoms with Crippen LogP contribution >= 0.6 is 0 Å². The van der Waals surface area contributed by atoms with Crippen molar-refractivity contribution in [2.45, 2.75) is 6.92 Å². The lowest BCUT2D eigenvalue weighted by Gasteiger charge is -2.04. The van der Waals surface area contributed by atoms with Crippen molar-refractivity contribution in [2.75, 3.05) is 0 Å². The second-order valence-electron chi connectivity index (χ2n) is 4.02. The minimum absolute atomic E-state index is 0.00811. The molecule has 0 fully saturated rings. The van der Waals surface area contributed by atoms with Gasteiger partial charge in [0, 0.05) is 5.56 Å². The molecule has 0 aliphatic heterocycles. The number of hydrogen-bond donors (Lipinski definition) is 1. The molecule has 1 N–H and O–H groups in total. The Morgan fingerprint density at radius 3 is 1.89 bits per heavy atom. The van der Waals surface area contributed by atoms with Crippen LogP contribution < -0.4 is 0 Å². The Morgan fingerprint density at radius 2 is 1.39 bits per heavy atom. The molecule has 0 saturated heterocycles. The van der Waals surface area contributed by atoms with E-state index >= 15 is 0 Å². The van der Waals surface area contributed by atoms with E-state index in [-0.39, 0.29) is 11.3 Å². The van der Waals surface area contributed by atoms with Gasteiger partial charge < -0.3 is 5.11 Å². The van der Waals surface area contributed by atoms with Gasteiger partial charge in [0.15, 0.2) is 5.78 Å². The summed E-state index contributed by atoms with van der Waals surface area (Å²) in [4.78, 5) is 22.2. The van der Waals surface area contributed by atoms with E-state index in [1.165, 1.54) is 6.92 Å². The zero-order valence-electron chi connectivity index (χ0n) is 9.88. The smallest absolute Gasteiger partial charge is 0.335 e. The summed E-state index contributed by atoms with van der Waals surface area (Å²) in [5, 5.41) is 8.94. The summed E-state index contributed by atoms with van der Waals surface area (Å²) in [5.74, 6) is -0.967. The second-order valence-corrected chi connectivity index (χ2v) is 4.02. The highest BCUT2D eigenvalue weighted by Gasteiger charge is 2.06. The van der Waals surface area contributed by atoms with Gasteiger partial charge in [-0.25, -0.2) is 4.79 Å². The Bertz CT molecular complexity index is 559. The summed E-state index contributed by atoms with van der Waals surface area (Å²) in [6, 6.07) is 13.8. The Kier molecular flexibility index (Phi) is 3.24. The van der Waals surface area contributed by atoms with Gasteiger partial charge in [0.2, 0.25) is 0 Å². The van der Waals surface area contributed by atoms with Crippen LogP contribution in [0.5, 0.6) is 0 Å². The van der Waals surface area contributed by atoms with E-state index in [1.807, 2.05) is 12.1 Å². The number of aromatic carboxylic acids is 1. The number of ketones is 1.